The van der Waals surface area contributed by atoms with E-state index in [2.05, 4.69) is 11.9 Å². The van der Waals surface area contributed by atoms with Gasteiger partial charge in [-0.25, -0.2) is 0 Å². The van der Waals surface area contributed by atoms with Crippen molar-refractivity contribution >= 4 is 11.8 Å². The van der Waals surface area contributed by atoms with Crippen LogP contribution in [0.15, 0.2) is 0 Å². The van der Waals surface area contributed by atoms with Gasteiger partial charge in [0.15, 0.2) is 0 Å². The summed E-state index contributed by atoms with van der Waals surface area (Å²) in [5.41, 5.74) is 0. The minimum absolute atomic E-state index is 0.192. The Morgan fingerprint density at radius 1 is 1.78 bits per heavy atom. The van der Waals surface area contributed by atoms with Crippen molar-refractivity contribution in [2.75, 3.05) is 19.3 Å². The number of aliphatic hydroxyl groups is 1. The van der Waals surface area contributed by atoms with Crippen LogP contribution in [0.5, 0.6) is 0 Å². The van der Waals surface area contributed by atoms with Gasteiger partial charge in [-0.05, 0) is 14.0 Å². The zero-order valence-electron chi connectivity index (χ0n) is 5.87. The smallest absolute Gasteiger partial charge is 0.0815 e. The lowest BCUT2D eigenvalue weighted by Crippen LogP contribution is -2.32. The highest BCUT2D eigenvalue weighted by molar-refractivity contribution is 8.00. The van der Waals surface area contributed by atoms with Gasteiger partial charge in [0.1, 0.15) is 0 Å². The number of hydrogen-bond acceptors (Lipinski definition) is 3. The zero-order chi connectivity index (χ0) is 6.85. The molecule has 1 aliphatic heterocycles. The first-order valence-corrected chi connectivity index (χ1v) is 4.26. The molecule has 0 aliphatic carbocycles. The first kappa shape index (κ1) is 7.38. The van der Waals surface area contributed by atoms with E-state index < -0.39 is 0 Å². The summed E-state index contributed by atoms with van der Waals surface area (Å²) in [5.74, 6) is 1.16. The van der Waals surface area contributed by atoms with E-state index in [0.717, 1.165) is 12.3 Å². The van der Waals surface area contributed by atoms with Gasteiger partial charge in [-0.1, -0.05) is 0 Å². The molecule has 3 heteroatoms. The predicted molar refractivity (Wildman–Crippen MR) is 40.6 cm³/mol. The molecule has 1 fully saturated rings. The van der Waals surface area contributed by atoms with Gasteiger partial charge in [0, 0.05) is 12.3 Å². The third kappa shape index (κ3) is 1.60. The average Bonchev–Trinajstić information content (AvgIpc) is 2.13. The molecule has 1 aliphatic rings. The van der Waals surface area contributed by atoms with Crippen LogP contribution >= 0.6 is 11.8 Å². The van der Waals surface area contributed by atoms with E-state index in [4.69, 9.17) is 5.11 Å². The lowest BCUT2D eigenvalue weighted by Gasteiger charge is -2.20. The summed E-state index contributed by atoms with van der Waals surface area (Å²) < 4.78 is 0. The Balaban J connectivity index is 2.40. The van der Waals surface area contributed by atoms with Crippen molar-refractivity contribution in [3.05, 3.63) is 0 Å². The van der Waals surface area contributed by atoms with E-state index >= 15 is 0 Å². The molecule has 2 nitrogen and oxygen atoms in total. The molecule has 0 aromatic heterocycles. The second kappa shape index (κ2) is 2.90. The molecule has 1 N–H and O–H groups in total. The first-order valence-electron chi connectivity index (χ1n) is 3.21. The van der Waals surface area contributed by atoms with Crippen LogP contribution in [0, 0.1) is 0 Å². The van der Waals surface area contributed by atoms with Gasteiger partial charge < -0.3 is 5.11 Å². The fraction of sp³-hybridized carbons (Fsp3) is 1.00. The highest BCUT2D eigenvalue weighted by Crippen LogP contribution is 2.24. The maximum Gasteiger partial charge on any atom is 0.0815 e. The van der Waals surface area contributed by atoms with E-state index in [1.807, 2.05) is 18.7 Å². The van der Waals surface area contributed by atoms with Gasteiger partial charge in [0.2, 0.25) is 0 Å². The standard InChI is InChI=1S/C6H13NOS/c1-5(8)6-7(2)3-4-9-6/h5-6,8H,3-4H2,1-2H3. The molecular weight excluding hydrogens is 134 g/mol. The molecule has 54 valence electrons. The van der Waals surface area contributed by atoms with Gasteiger partial charge in [0.05, 0.1) is 11.5 Å². The van der Waals surface area contributed by atoms with Crippen molar-refractivity contribution in [2.24, 2.45) is 0 Å². The van der Waals surface area contributed by atoms with Crippen LogP contribution in [-0.2, 0) is 0 Å². The summed E-state index contributed by atoms with van der Waals surface area (Å²) in [6.07, 6.45) is -0.192. The molecule has 0 saturated carbocycles. The largest absolute Gasteiger partial charge is 0.391 e. The topological polar surface area (TPSA) is 23.5 Å². The Morgan fingerprint density at radius 2 is 2.44 bits per heavy atom. The molecule has 2 unspecified atom stereocenters. The fourth-order valence-electron chi connectivity index (χ4n) is 1.08. The van der Waals surface area contributed by atoms with Crippen LogP contribution in [0.2, 0.25) is 0 Å². The van der Waals surface area contributed by atoms with Crippen LogP contribution in [0.4, 0.5) is 0 Å². The van der Waals surface area contributed by atoms with E-state index in [-0.39, 0.29) is 6.10 Å². The number of thioether (sulfide) groups is 1. The van der Waals surface area contributed by atoms with E-state index in [1.165, 1.54) is 0 Å². The van der Waals surface area contributed by atoms with Gasteiger partial charge in [-0.3, -0.25) is 4.90 Å². The lowest BCUT2D eigenvalue weighted by molar-refractivity contribution is 0.133. The Labute approximate surface area is 60.2 Å². The van der Waals surface area contributed by atoms with Crippen molar-refractivity contribution in [3.63, 3.8) is 0 Å². The molecule has 0 spiro atoms. The van der Waals surface area contributed by atoms with Gasteiger partial charge >= 0.3 is 0 Å². The molecule has 0 aromatic rings. The number of nitrogens with zero attached hydrogens (tertiary/aromatic N) is 1. The third-order valence-corrected chi connectivity index (χ3v) is 3.09. The van der Waals surface area contributed by atoms with Crippen LogP contribution in [0.25, 0.3) is 0 Å². The van der Waals surface area contributed by atoms with E-state index in [0.29, 0.717) is 5.37 Å². The molecule has 2 atom stereocenters. The first-order chi connectivity index (χ1) is 4.22. The molecule has 1 rings (SSSR count). The Hall–Kier alpha value is 0.270. The average molecular weight is 147 g/mol. The van der Waals surface area contributed by atoms with Crippen LogP contribution in [0.1, 0.15) is 6.92 Å². The number of likely N-dealkylation sites (N-methyl/N-ethyl adjacent to an activating group) is 1. The molecule has 9 heavy (non-hydrogen) atoms. The lowest BCUT2D eigenvalue weighted by atomic mass is 10.4. The molecular formula is C6H13NOS. The zero-order valence-corrected chi connectivity index (χ0v) is 6.69. The Kier molecular flexibility index (Phi) is 2.38. The van der Waals surface area contributed by atoms with Crippen molar-refractivity contribution in [1.29, 1.82) is 0 Å². The summed E-state index contributed by atoms with van der Waals surface area (Å²) in [4.78, 5) is 2.19. The second-order valence-electron chi connectivity index (χ2n) is 2.48. The van der Waals surface area contributed by atoms with Crippen molar-refractivity contribution in [2.45, 2.75) is 18.4 Å². The molecule has 0 aromatic carbocycles. The second-order valence-corrected chi connectivity index (χ2v) is 3.71. The number of aliphatic hydroxyl groups excluding tert-OH is 1. The summed E-state index contributed by atoms with van der Waals surface area (Å²) in [6.45, 7) is 2.96. The molecule has 0 amide bonds. The Bertz CT molecular complexity index is 97.1. The van der Waals surface area contributed by atoms with Crippen LogP contribution in [-0.4, -0.2) is 40.8 Å². The van der Waals surface area contributed by atoms with Gasteiger partial charge in [-0.15, -0.1) is 11.8 Å². The summed E-state index contributed by atoms with van der Waals surface area (Å²) in [7, 11) is 2.05. The minimum atomic E-state index is -0.192. The quantitative estimate of drug-likeness (QED) is 0.580. The maximum absolute atomic E-state index is 9.16. The SMILES string of the molecule is CC(O)C1SCCN1C. The normalized spacial score (nSPS) is 33.0. The predicted octanol–water partition coefficient (Wildman–Crippen LogP) is 0.372. The summed E-state index contributed by atoms with van der Waals surface area (Å²) in [6, 6.07) is 0. The van der Waals surface area contributed by atoms with Gasteiger partial charge in [0.25, 0.3) is 0 Å². The molecule has 1 heterocycles. The third-order valence-electron chi connectivity index (χ3n) is 1.58. The Morgan fingerprint density at radius 3 is 2.67 bits per heavy atom. The van der Waals surface area contributed by atoms with Crippen molar-refractivity contribution < 1.29 is 5.11 Å². The highest BCUT2D eigenvalue weighted by Gasteiger charge is 2.25. The van der Waals surface area contributed by atoms with Crippen molar-refractivity contribution in [3.8, 4) is 0 Å². The fourth-order valence-corrected chi connectivity index (χ4v) is 2.35. The minimum Gasteiger partial charge on any atom is -0.391 e. The number of rotatable bonds is 1. The van der Waals surface area contributed by atoms with Gasteiger partial charge in [-0.2, -0.15) is 0 Å². The van der Waals surface area contributed by atoms with Crippen molar-refractivity contribution in [1.82, 2.24) is 4.90 Å². The monoisotopic (exact) mass is 147 g/mol. The number of hydrogen-bond donors (Lipinski definition) is 1. The molecule has 1 saturated heterocycles. The van der Waals surface area contributed by atoms with E-state index in [1.54, 1.807) is 0 Å². The van der Waals surface area contributed by atoms with Crippen LogP contribution in [0.3, 0.4) is 0 Å². The van der Waals surface area contributed by atoms with Crippen LogP contribution < -0.4 is 0 Å². The van der Waals surface area contributed by atoms with E-state index in [9.17, 15) is 0 Å². The summed E-state index contributed by atoms with van der Waals surface area (Å²) in [5, 5.41) is 9.50. The molecule has 0 radical (unpaired) electrons. The summed E-state index contributed by atoms with van der Waals surface area (Å²) >= 11 is 1.83. The maximum atomic E-state index is 9.16. The molecule has 0 bridgehead atoms. The highest BCUT2D eigenvalue weighted by atomic mass is 32.2.